The molecule has 5 nitrogen and oxygen atoms in total. The summed E-state index contributed by atoms with van der Waals surface area (Å²) in [5.41, 5.74) is 10.9. The van der Waals surface area contributed by atoms with Gasteiger partial charge in [-0.25, -0.2) is 15.0 Å². The van der Waals surface area contributed by atoms with Crippen LogP contribution in [0.2, 0.25) is 5.02 Å². The summed E-state index contributed by atoms with van der Waals surface area (Å²) in [4.78, 5) is 16.3. The SMILES string of the molecule is CCN(CC)c1ccc(-c2ccc3c(N)nc(Cc4cc(Cl)ccc4Br)nc3n2)cc1. The van der Waals surface area contributed by atoms with Crippen molar-refractivity contribution in [2.75, 3.05) is 23.7 Å². The van der Waals surface area contributed by atoms with Gasteiger partial charge in [-0.1, -0.05) is 39.7 Å². The van der Waals surface area contributed by atoms with Crippen LogP contribution in [0.5, 0.6) is 0 Å². The smallest absolute Gasteiger partial charge is 0.165 e. The zero-order valence-electron chi connectivity index (χ0n) is 17.4. The zero-order chi connectivity index (χ0) is 22.0. The molecule has 158 valence electrons. The second-order valence-corrected chi connectivity index (χ2v) is 8.52. The molecule has 0 radical (unpaired) electrons. The summed E-state index contributed by atoms with van der Waals surface area (Å²) in [5, 5.41) is 1.41. The first-order chi connectivity index (χ1) is 15.0. The Morgan fingerprint density at radius 3 is 2.39 bits per heavy atom. The number of nitrogens with two attached hydrogens (primary N) is 1. The topological polar surface area (TPSA) is 67.9 Å². The van der Waals surface area contributed by atoms with Crippen molar-refractivity contribution in [3.05, 3.63) is 75.5 Å². The molecule has 0 aliphatic carbocycles. The number of pyridine rings is 1. The Morgan fingerprint density at radius 1 is 0.935 bits per heavy atom. The van der Waals surface area contributed by atoms with Gasteiger partial charge in [-0.05, 0) is 61.9 Å². The fourth-order valence-electron chi connectivity index (χ4n) is 3.60. The number of nitrogens with zero attached hydrogens (tertiary/aromatic N) is 4. The Bertz CT molecular complexity index is 1220. The van der Waals surface area contributed by atoms with Crippen LogP contribution in [0.15, 0.2) is 59.1 Å². The lowest BCUT2D eigenvalue weighted by atomic mass is 10.1. The third-order valence-electron chi connectivity index (χ3n) is 5.28. The first kappa shape index (κ1) is 21.5. The van der Waals surface area contributed by atoms with Crippen LogP contribution >= 0.6 is 27.5 Å². The summed E-state index contributed by atoms with van der Waals surface area (Å²) < 4.78 is 0.953. The second kappa shape index (κ2) is 9.20. The molecule has 0 saturated heterocycles. The van der Waals surface area contributed by atoms with Crippen LogP contribution in [0.3, 0.4) is 0 Å². The maximum Gasteiger partial charge on any atom is 0.165 e. The van der Waals surface area contributed by atoms with Crippen molar-refractivity contribution in [3.8, 4) is 11.3 Å². The molecule has 4 aromatic rings. The fourth-order valence-corrected chi connectivity index (χ4v) is 4.18. The normalized spacial score (nSPS) is 11.1. The Kier molecular flexibility index (Phi) is 6.39. The number of nitrogen functional groups attached to an aromatic ring is 1. The molecular weight excluding hydrogens is 474 g/mol. The molecule has 2 heterocycles. The van der Waals surface area contributed by atoms with Crippen LogP contribution in [-0.2, 0) is 6.42 Å². The molecule has 31 heavy (non-hydrogen) atoms. The van der Waals surface area contributed by atoms with Gasteiger partial charge in [-0.3, -0.25) is 0 Å². The molecule has 2 aromatic carbocycles. The van der Waals surface area contributed by atoms with E-state index in [4.69, 9.17) is 22.3 Å². The van der Waals surface area contributed by atoms with Crippen LogP contribution in [0.4, 0.5) is 11.5 Å². The lowest BCUT2D eigenvalue weighted by molar-refractivity contribution is 0.866. The minimum Gasteiger partial charge on any atom is -0.383 e. The van der Waals surface area contributed by atoms with Crippen molar-refractivity contribution in [1.82, 2.24) is 15.0 Å². The number of aromatic nitrogens is 3. The molecular formula is C24H23BrClN5. The largest absolute Gasteiger partial charge is 0.383 e. The molecule has 0 spiro atoms. The van der Waals surface area contributed by atoms with E-state index in [0.29, 0.717) is 28.7 Å². The molecule has 0 fully saturated rings. The maximum atomic E-state index is 6.22. The van der Waals surface area contributed by atoms with Crippen LogP contribution in [0.25, 0.3) is 22.3 Å². The number of hydrogen-bond acceptors (Lipinski definition) is 5. The third kappa shape index (κ3) is 4.65. The number of halogens is 2. The van der Waals surface area contributed by atoms with Gasteiger partial charge >= 0.3 is 0 Å². The van der Waals surface area contributed by atoms with Gasteiger partial charge in [0, 0.05) is 40.3 Å². The zero-order valence-corrected chi connectivity index (χ0v) is 19.8. The van der Waals surface area contributed by atoms with Crippen molar-refractivity contribution in [3.63, 3.8) is 0 Å². The van der Waals surface area contributed by atoms with Crippen LogP contribution in [-0.4, -0.2) is 28.0 Å². The predicted octanol–water partition coefficient (Wildman–Crippen LogP) is 6.13. The average Bonchev–Trinajstić information content (AvgIpc) is 2.77. The lowest BCUT2D eigenvalue weighted by Gasteiger charge is -2.21. The van der Waals surface area contributed by atoms with Gasteiger partial charge in [0.05, 0.1) is 11.1 Å². The Hall–Kier alpha value is -2.70. The highest BCUT2D eigenvalue weighted by molar-refractivity contribution is 9.10. The number of anilines is 2. The van der Waals surface area contributed by atoms with Gasteiger partial charge in [-0.2, -0.15) is 0 Å². The lowest BCUT2D eigenvalue weighted by Crippen LogP contribution is -2.21. The van der Waals surface area contributed by atoms with Crippen LogP contribution < -0.4 is 10.6 Å². The van der Waals surface area contributed by atoms with E-state index in [0.717, 1.165) is 39.8 Å². The van der Waals surface area contributed by atoms with Gasteiger partial charge in [0.1, 0.15) is 11.6 Å². The van der Waals surface area contributed by atoms with Crippen molar-refractivity contribution in [1.29, 1.82) is 0 Å². The molecule has 0 aliphatic rings. The molecule has 0 aliphatic heterocycles. The average molecular weight is 497 g/mol. The minimum atomic E-state index is 0.425. The second-order valence-electron chi connectivity index (χ2n) is 7.22. The standard InChI is InChI=1S/C24H23BrClN5/c1-3-31(4-2)18-8-5-15(6-9-18)21-12-10-19-23(27)29-22(30-24(19)28-21)14-16-13-17(26)7-11-20(16)25/h5-13H,3-4,14H2,1-2H3,(H2,27,28,29,30). The number of hydrogen-bond donors (Lipinski definition) is 1. The first-order valence-electron chi connectivity index (χ1n) is 10.2. The monoisotopic (exact) mass is 495 g/mol. The third-order valence-corrected chi connectivity index (χ3v) is 6.29. The highest BCUT2D eigenvalue weighted by Gasteiger charge is 2.11. The molecule has 2 aromatic heterocycles. The van der Waals surface area contributed by atoms with E-state index < -0.39 is 0 Å². The number of rotatable bonds is 6. The molecule has 0 amide bonds. The van der Waals surface area contributed by atoms with Gasteiger partial charge < -0.3 is 10.6 Å². The quantitative estimate of drug-likeness (QED) is 0.348. The maximum absolute atomic E-state index is 6.22. The van der Waals surface area contributed by atoms with Gasteiger partial charge in [0.2, 0.25) is 0 Å². The van der Waals surface area contributed by atoms with E-state index in [1.54, 1.807) is 0 Å². The highest BCUT2D eigenvalue weighted by atomic mass is 79.9. The summed E-state index contributed by atoms with van der Waals surface area (Å²) in [7, 11) is 0. The van der Waals surface area contributed by atoms with Crippen molar-refractivity contribution < 1.29 is 0 Å². The molecule has 0 saturated carbocycles. The predicted molar refractivity (Wildman–Crippen MR) is 133 cm³/mol. The van der Waals surface area contributed by atoms with Gasteiger partial charge in [0.25, 0.3) is 0 Å². The van der Waals surface area contributed by atoms with Crippen LogP contribution in [0.1, 0.15) is 25.2 Å². The van der Waals surface area contributed by atoms with E-state index >= 15 is 0 Å². The molecule has 0 bridgehead atoms. The highest BCUT2D eigenvalue weighted by Crippen LogP contribution is 2.27. The number of benzene rings is 2. The van der Waals surface area contributed by atoms with E-state index in [2.05, 4.69) is 68.9 Å². The number of fused-ring (bicyclic) bond motifs is 1. The fraction of sp³-hybridized carbons (Fsp3) is 0.208. The Labute approximate surface area is 195 Å². The van der Waals surface area contributed by atoms with Gasteiger partial charge in [0.15, 0.2) is 5.65 Å². The van der Waals surface area contributed by atoms with Gasteiger partial charge in [-0.15, -0.1) is 0 Å². The van der Waals surface area contributed by atoms with E-state index in [1.807, 2.05) is 30.3 Å². The van der Waals surface area contributed by atoms with Crippen molar-refractivity contribution in [2.24, 2.45) is 0 Å². The molecule has 2 N–H and O–H groups in total. The molecule has 4 rings (SSSR count). The van der Waals surface area contributed by atoms with E-state index in [-0.39, 0.29) is 0 Å². The summed E-state index contributed by atoms with van der Waals surface area (Å²) in [6.45, 7) is 6.27. The molecule has 0 unspecified atom stereocenters. The van der Waals surface area contributed by atoms with E-state index in [9.17, 15) is 0 Å². The summed E-state index contributed by atoms with van der Waals surface area (Å²) >= 11 is 9.71. The van der Waals surface area contributed by atoms with Crippen molar-refractivity contribution in [2.45, 2.75) is 20.3 Å². The van der Waals surface area contributed by atoms with Crippen molar-refractivity contribution >= 4 is 50.1 Å². The molecule has 7 heteroatoms. The molecule has 0 atom stereocenters. The summed E-state index contributed by atoms with van der Waals surface area (Å²) in [6, 6.07) is 18.0. The summed E-state index contributed by atoms with van der Waals surface area (Å²) in [5.74, 6) is 1.03. The van der Waals surface area contributed by atoms with Crippen LogP contribution in [0, 0.1) is 0 Å². The Balaban J connectivity index is 1.69. The van der Waals surface area contributed by atoms with E-state index in [1.165, 1.54) is 5.69 Å². The first-order valence-corrected chi connectivity index (χ1v) is 11.4. The minimum absolute atomic E-state index is 0.425. The Morgan fingerprint density at radius 2 is 1.68 bits per heavy atom. The summed E-state index contributed by atoms with van der Waals surface area (Å²) in [6.07, 6.45) is 0.506.